The standard InChI is InChI=1S/C15H22ClNO2/c1-3-5-9-17(10-6-4-2)15(19)13-11-12(16)7-8-14(13)18/h7-8,11,18H,3-6,9-10H2,1-2H3. The van der Waals surface area contributed by atoms with Gasteiger partial charge in [-0.2, -0.15) is 0 Å². The number of hydrogen-bond donors (Lipinski definition) is 1. The van der Waals surface area contributed by atoms with Gasteiger partial charge in [0, 0.05) is 18.1 Å². The Labute approximate surface area is 120 Å². The molecule has 1 aromatic rings. The van der Waals surface area contributed by atoms with Gasteiger partial charge in [-0.05, 0) is 31.0 Å². The lowest BCUT2D eigenvalue weighted by molar-refractivity contribution is 0.0748. The fourth-order valence-corrected chi connectivity index (χ4v) is 2.03. The molecule has 0 atom stereocenters. The first-order valence-electron chi connectivity index (χ1n) is 6.88. The molecule has 1 rings (SSSR count). The van der Waals surface area contributed by atoms with E-state index in [1.165, 1.54) is 12.1 Å². The summed E-state index contributed by atoms with van der Waals surface area (Å²) in [5, 5.41) is 10.3. The van der Waals surface area contributed by atoms with E-state index >= 15 is 0 Å². The van der Waals surface area contributed by atoms with Crippen LogP contribution in [0.25, 0.3) is 0 Å². The summed E-state index contributed by atoms with van der Waals surface area (Å²) in [6, 6.07) is 4.58. The fraction of sp³-hybridized carbons (Fsp3) is 0.533. The quantitative estimate of drug-likeness (QED) is 0.819. The van der Waals surface area contributed by atoms with Crippen LogP contribution in [0.1, 0.15) is 49.9 Å². The molecule has 0 aliphatic heterocycles. The minimum atomic E-state index is -0.137. The van der Waals surface area contributed by atoms with Gasteiger partial charge in [-0.15, -0.1) is 0 Å². The van der Waals surface area contributed by atoms with Crippen molar-refractivity contribution in [2.24, 2.45) is 0 Å². The lowest BCUT2D eigenvalue weighted by Gasteiger charge is -2.23. The lowest BCUT2D eigenvalue weighted by atomic mass is 10.1. The second-order valence-electron chi connectivity index (χ2n) is 4.66. The van der Waals surface area contributed by atoms with Crippen molar-refractivity contribution < 1.29 is 9.90 Å². The topological polar surface area (TPSA) is 40.5 Å². The SMILES string of the molecule is CCCCN(CCCC)C(=O)c1cc(Cl)ccc1O. The van der Waals surface area contributed by atoms with Gasteiger partial charge in [0.1, 0.15) is 5.75 Å². The number of halogens is 1. The molecule has 0 radical (unpaired) electrons. The van der Waals surface area contributed by atoms with Crippen molar-refractivity contribution >= 4 is 17.5 Å². The molecule has 1 amide bonds. The number of carbonyl (C=O) groups is 1. The highest BCUT2D eigenvalue weighted by molar-refractivity contribution is 6.31. The van der Waals surface area contributed by atoms with Gasteiger partial charge in [0.05, 0.1) is 5.56 Å². The first-order chi connectivity index (χ1) is 9.10. The predicted molar refractivity (Wildman–Crippen MR) is 78.8 cm³/mol. The molecule has 0 saturated carbocycles. The zero-order valence-corrected chi connectivity index (χ0v) is 12.4. The van der Waals surface area contributed by atoms with Crippen LogP contribution in [0.2, 0.25) is 5.02 Å². The molecule has 1 aromatic carbocycles. The van der Waals surface area contributed by atoms with Crippen LogP contribution in [-0.2, 0) is 0 Å². The van der Waals surface area contributed by atoms with E-state index in [2.05, 4.69) is 13.8 Å². The average Bonchev–Trinajstić information content (AvgIpc) is 2.41. The molecule has 0 unspecified atom stereocenters. The van der Waals surface area contributed by atoms with Crippen LogP contribution in [-0.4, -0.2) is 29.0 Å². The zero-order valence-electron chi connectivity index (χ0n) is 11.7. The van der Waals surface area contributed by atoms with E-state index in [1.54, 1.807) is 11.0 Å². The van der Waals surface area contributed by atoms with Crippen molar-refractivity contribution in [3.63, 3.8) is 0 Å². The Bertz CT molecular complexity index is 413. The molecule has 0 aliphatic rings. The molecule has 1 N–H and O–H groups in total. The monoisotopic (exact) mass is 283 g/mol. The molecule has 0 bridgehead atoms. The van der Waals surface area contributed by atoms with E-state index in [0.717, 1.165) is 38.8 Å². The van der Waals surface area contributed by atoms with E-state index in [4.69, 9.17) is 11.6 Å². The van der Waals surface area contributed by atoms with Gasteiger partial charge >= 0.3 is 0 Å². The molecule has 0 spiro atoms. The van der Waals surface area contributed by atoms with Crippen LogP contribution in [0, 0.1) is 0 Å². The van der Waals surface area contributed by atoms with Gasteiger partial charge in [-0.25, -0.2) is 0 Å². The number of hydrogen-bond acceptors (Lipinski definition) is 2. The first kappa shape index (κ1) is 15.8. The predicted octanol–water partition coefficient (Wildman–Crippen LogP) is 4.09. The third kappa shape index (κ3) is 4.75. The van der Waals surface area contributed by atoms with Gasteiger partial charge in [0.15, 0.2) is 0 Å². The summed E-state index contributed by atoms with van der Waals surface area (Å²) < 4.78 is 0. The Morgan fingerprint density at radius 2 is 1.79 bits per heavy atom. The number of rotatable bonds is 7. The molecule has 3 nitrogen and oxygen atoms in total. The van der Waals surface area contributed by atoms with Crippen molar-refractivity contribution in [2.75, 3.05) is 13.1 Å². The Balaban J connectivity index is 2.87. The summed E-state index contributed by atoms with van der Waals surface area (Å²) in [6.45, 7) is 5.64. The number of phenolic OH excluding ortho intramolecular Hbond substituents is 1. The van der Waals surface area contributed by atoms with Gasteiger partial charge < -0.3 is 10.0 Å². The van der Waals surface area contributed by atoms with Crippen LogP contribution < -0.4 is 0 Å². The van der Waals surface area contributed by atoms with Crippen molar-refractivity contribution in [3.05, 3.63) is 28.8 Å². The van der Waals surface area contributed by atoms with Crippen LogP contribution in [0.5, 0.6) is 5.75 Å². The first-order valence-corrected chi connectivity index (χ1v) is 7.25. The van der Waals surface area contributed by atoms with E-state index in [0.29, 0.717) is 10.6 Å². The molecule has 0 heterocycles. The normalized spacial score (nSPS) is 10.5. The summed E-state index contributed by atoms with van der Waals surface area (Å²) in [5.74, 6) is -0.144. The third-order valence-electron chi connectivity index (χ3n) is 3.04. The number of aromatic hydroxyl groups is 1. The minimum Gasteiger partial charge on any atom is -0.507 e. The summed E-state index contributed by atoms with van der Waals surface area (Å²) in [5.41, 5.74) is 0.291. The molecule has 4 heteroatoms. The smallest absolute Gasteiger partial charge is 0.257 e. The Hall–Kier alpha value is -1.22. The van der Waals surface area contributed by atoms with Gasteiger partial charge in [-0.3, -0.25) is 4.79 Å². The number of benzene rings is 1. The molecule has 0 aliphatic carbocycles. The van der Waals surface area contributed by atoms with Crippen LogP contribution >= 0.6 is 11.6 Å². The maximum absolute atomic E-state index is 12.4. The van der Waals surface area contributed by atoms with Gasteiger partial charge in [0.2, 0.25) is 0 Å². The number of nitrogens with zero attached hydrogens (tertiary/aromatic N) is 1. The number of amides is 1. The second-order valence-corrected chi connectivity index (χ2v) is 5.10. The maximum atomic E-state index is 12.4. The fourth-order valence-electron chi connectivity index (χ4n) is 1.86. The van der Waals surface area contributed by atoms with Gasteiger partial charge in [0.25, 0.3) is 5.91 Å². The van der Waals surface area contributed by atoms with Crippen LogP contribution in [0.4, 0.5) is 0 Å². The molecule has 19 heavy (non-hydrogen) atoms. The molecular weight excluding hydrogens is 262 g/mol. The Morgan fingerprint density at radius 1 is 1.21 bits per heavy atom. The number of unbranched alkanes of at least 4 members (excludes halogenated alkanes) is 2. The summed E-state index contributed by atoms with van der Waals surface area (Å²) in [7, 11) is 0. The molecule has 0 aromatic heterocycles. The van der Waals surface area contributed by atoms with Crippen molar-refractivity contribution in [2.45, 2.75) is 39.5 Å². The average molecular weight is 284 g/mol. The Kier molecular flexibility index (Phi) is 6.71. The third-order valence-corrected chi connectivity index (χ3v) is 3.27. The molecule has 106 valence electrons. The lowest BCUT2D eigenvalue weighted by Crippen LogP contribution is -2.33. The van der Waals surface area contributed by atoms with Crippen LogP contribution in [0.15, 0.2) is 18.2 Å². The summed E-state index contributed by atoms with van der Waals surface area (Å²) in [6.07, 6.45) is 4.02. The molecule has 0 fully saturated rings. The minimum absolute atomic E-state index is 0.00704. The highest BCUT2D eigenvalue weighted by Crippen LogP contribution is 2.23. The van der Waals surface area contributed by atoms with Crippen molar-refractivity contribution in [3.8, 4) is 5.75 Å². The summed E-state index contributed by atoms with van der Waals surface area (Å²) in [4.78, 5) is 14.2. The molecular formula is C15H22ClNO2. The summed E-state index contributed by atoms with van der Waals surface area (Å²) >= 11 is 5.89. The number of carbonyl (C=O) groups excluding carboxylic acids is 1. The zero-order chi connectivity index (χ0) is 14.3. The Morgan fingerprint density at radius 3 is 2.32 bits per heavy atom. The largest absolute Gasteiger partial charge is 0.507 e. The maximum Gasteiger partial charge on any atom is 0.257 e. The van der Waals surface area contributed by atoms with E-state index in [-0.39, 0.29) is 11.7 Å². The number of phenols is 1. The van der Waals surface area contributed by atoms with Crippen molar-refractivity contribution in [1.29, 1.82) is 0 Å². The van der Waals surface area contributed by atoms with Crippen LogP contribution in [0.3, 0.4) is 0 Å². The second kappa shape index (κ2) is 8.05. The van der Waals surface area contributed by atoms with E-state index < -0.39 is 0 Å². The van der Waals surface area contributed by atoms with E-state index in [1.807, 2.05) is 0 Å². The highest BCUT2D eigenvalue weighted by Gasteiger charge is 2.18. The van der Waals surface area contributed by atoms with E-state index in [9.17, 15) is 9.90 Å². The van der Waals surface area contributed by atoms with Gasteiger partial charge in [-0.1, -0.05) is 38.3 Å². The van der Waals surface area contributed by atoms with Crippen molar-refractivity contribution in [1.82, 2.24) is 4.90 Å². The highest BCUT2D eigenvalue weighted by atomic mass is 35.5. The molecule has 0 saturated heterocycles.